The van der Waals surface area contributed by atoms with Crippen LogP contribution in [-0.2, 0) is 5.88 Å². The van der Waals surface area contributed by atoms with Crippen molar-refractivity contribution in [3.05, 3.63) is 18.0 Å². The Morgan fingerprint density at radius 1 is 1.31 bits per heavy atom. The van der Waals surface area contributed by atoms with E-state index in [2.05, 4.69) is 35.6 Å². The summed E-state index contributed by atoms with van der Waals surface area (Å²) in [6.45, 7) is 8.52. The number of anilines is 1. The number of hydrogen-bond donors (Lipinski definition) is 0. The zero-order valence-corrected chi connectivity index (χ0v) is 11.0. The minimum absolute atomic E-state index is 0.470. The maximum Gasteiger partial charge on any atom is 0.225 e. The van der Waals surface area contributed by atoms with Crippen molar-refractivity contribution in [3.8, 4) is 0 Å². The highest BCUT2D eigenvalue weighted by Crippen LogP contribution is 2.12. The highest BCUT2D eigenvalue weighted by Gasteiger charge is 2.10. The molecule has 0 aliphatic rings. The van der Waals surface area contributed by atoms with Crippen LogP contribution < -0.4 is 4.90 Å². The Labute approximate surface area is 103 Å². The number of hydrogen-bond acceptors (Lipinski definition) is 3. The fourth-order valence-corrected chi connectivity index (χ4v) is 1.58. The molecule has 1 unspecified atom stereocenters. The van der Waals surface area contributed by atoms with Gasteiger partial charge in [0.1, 0.15) is 0 Å². The van der Waals surface area contributed by atoms with Crippen LogP contribution in [0.1, 0.15) is 32.8 Å². The summed E-state index contributed by atoms with van der Waals surface area (Å²) in [6, 6.07) is 0. The summed E-state index contributed by atoms with van der Waals surface area (Å²) in [5.41, 5.74) is 0.963. The molecule has 3 nitrogen and oxygen atoms in total. The lowest BCUT2D eigenvalue weighted by Crippen LogP contribution is -2.29. The first kappa shape index (κ1) is 13.2. The molecule has 16 heavy (non-hydrogen) atoms. The van der Waals surface area contributed by atoms with Gasteiger partial charge in [-0.3, -0.25) is 0 Å². The lowest BCUT2D eigenvalue weighted by atomic mass is 10.1. The number of nitrogens with zero attached hydrogens (tertiary/aromatic N) is 3. The summed E-state index contributed by atoms with van der Waals surface area (Å²) in [5, 5.41) is 0. The molecular formula is C12H20ClN3. The Bertz CT molecular complexity index is 300. The van der Waals surface area contributed by atoms with E-state index in [1.54, 1.807) is 12.4 Å². The van der Waals surface area contributed by atoms with Crippen molar-refractivity contribution in [2.24, 2.45) is 5.92 Å². The summed E-state index contributed by atoms with van der Waals surface area (Å²) in [4.78, 5) is 10.9. The predicted molar refractivity (Wildman–Crippen MR) is 68.9 cm³/mol. The Hall–Kier alpha value is -0.830. The van der Waals surface area contributed by atoms with Gasteiger partial charge in [0.2, 0.25) is 5.95 Å². The van der Waals surface area contributed by atoms with E-state index in [1.165, 1.54) is 6.42 Å². The molecule has 0 N–H and O–H groups in total. The first-order chi connectivity index (χ1) is 7.71. The predicted octanol–water partition coefficient (Wildman–Crippen LogP) is 3.09. The summed E-state index contributed by atoms with van der Waals surface area (Å²) < 4.78 is 0. The number of aromatic nitrogens is 2. The quantitative estimate of drug-likeness (QED) is 0.717. The Morgan fingerprint density at radius 3 is 2.38 bits per heavy atom. The minimum Gasteiger partial charge on any atom is -0.341 e. The topological polar surface area (TPSA) is 29.0 Å². The first-order valence-corrected chi connectivity index (χ1v) is 6.36. The van der Waals surface area contributed by atoms with Gasteiger partial charge in [-0.2, -0.15) is 0 Å². The van der Waals surface area contributed by atoms with Crippen LogP contribution >= 0.6 is 11.6 Å². The minimum atomic E-state index is 0.470. The number of rotatable bonds is 6. The number of alkyl halides is 1. The summed E-state index contributed by atoms with van der Waals surface area (Å²) >= 11 is 5.71. The molecule has 4 heteroatoms. The molecule has 0 aliphatic heterocycles. The highest BCUT2D eigenvalue weighted by atomic mass is 35.5. The molecule has 0 saturated carbocycles. The smallest absolute Gasteiger partial charge is 0.225 e. The second-order valence-corrected chi connectivity index (χ2v) is 4.34. The van der Waals surface area contributed by atoms with Crippen molar-refractivity contribution < 1.29 is 0 Å². The van der Waals surface area contributed by atoms with Gasteiger partial charge in [-0.05, 0) is 12.8 Å². The third-order valence-electron chi connectivity index (χ3n) is 2.74. The monoisotopic (exact) mass is 241 g/mol. The van der Waals surface area contributed by atoms with Crippen LogP contribution in [0.3, 0.4) is 0 Å². The molecule has 90 valence electrons. The third-order valence-corrected chi connectivity index (χ3v) is 3.05. The summed E-state index contributed by atoms with van der Waals surface area (Å²) in [7, 11) is 0. The Balaban J connectivity index is 2.70. The SMILES string of the molecule is CCC(C)CN(CC)c1ncc(CCl)cn1. The van der Waals surface area contributed by atoms with E-state index in [4.69, 9.17) is 11.6 Å². The average molecular weight is 242 g/mol. The summed E-state index contributed by atoms with van der Waals surface area (Å²) in [5.74, 6) is 1.94. The van der Waals surface area contributed by atoms with Gasteiger partial charge in [0.15, 0.2) is 0 Å². The van der Waals surface area contributed by atoms with Crippen LogP contribution in [0.15, 0.2) is 12.4 Å². The van der Waals surface area contributed by atoms with E-state index < -0.39 is 0 Å². The maximum absolute atomic E-state index is 5.71. The normalized spacial score (nSPS) is 12.5. The zero-order chi connectivity index (χ0) is 12.0. The van der Waals surface area contributed by atoms with Crippen LogP contribution in [0.2, 0.25) is 0 Å². The first-order valence-electron chi connectivity index (χ1n) is 5.83. The van der Waals surface area contributed by atoms with Gasteiger partial charge in [-0.15, -0.1) is 11.6 Å². The molecule has 1 aromatic heterocycles. The van der Waals surface area contributed by atoms with Crippen molar-refractivity contribution in [2.45, 2.75) is 33.1 Å². The largest absolute Gasteiger partial charge is 0.341 e. The average Bonchev–Trinajstić information content (AvgIpc) is 2.35. The standard InChI is InChI=1S/C12H20ClN3/c1-4-10(3)9-16(5-2)12-14-7-11(6-13)8-15-12/h7-8,10H,4-6,9H2,1-3H3. The van der Waals surface area contributed by atoms with E-state index in [0.717, 1.165) is 24.6 Å². The lowest BCUT2D eigenvalue weighted by Gasteiger charge is -2.23. The zero-order valence-electron chi connectivity index (χ0n) is 10.3. The summed E-state index contributed by atoms with van der Waals surface area (Å²) in [6.07, 6.45) is 4.78. The van der Waals surface area contributed by atoms with Gasteiger partial charge >= 0.3 is 0 Å². The van der Waals surface area contributed by atoms with Crippen molar-refractivity contribution in [2.75, 3.05) is 18.0 Å². The van der Waals surface area contributed by atoms with Gasteiger partial charge in [0.05, 0.1) is 5.88 Å². The van der Waals surface area contributed by atoms with Crippen molar-refractivity contribution in [3.63, 3.8) is 0 Å². The molecule has 0 fully saturated rings. The molecule has 0 aliphatic carbocycles. The Morgan fingerprint density at radius 2 is 1.94 bits per heavy atom. The van der Waals surface area contributed by atoms with E-state index in [9.17, 15) is 0 Å². The van der Waals surface area contributed by atoms with Gasteiger partial charge in [0, 0.05) is 31.0 Å². The van der Waals surface area contributed by atoms with Crippen LogP contribution in [0.5, 0.6) is 0 Å². The molecule has 0 saturated heterocycles. The van der Waals surface area contributed by atoms with Crippen LogP contribution in [0, 0.1) is 5.92 Å². The van der Waals surface area contributed by atoms with E-state index in [1.807, 2.05) is 0 Å². The fourth-order valence-electron chi connectivity index (χ4n) is 1.44. The van der Waals surface area contributed by atoms with E-state index in [0.29, 0.717) is 11.8 Å². The van der Waals surface area contributed by atoms with Crippen molar-refractivity contribution >= 4 is 17.5 Å². The van der Waals surface area contributed by atoms with Crippen LogP contribution in [-0.4, -0.2) is 23.1 Å². The van der Waals surface area contributed by atoms with Crippen LogP contribution in [0.25, 0.3) is 0 Å². The van der Waals surface area contributed by atoms with Gasteiger partial charge in [0.25, 0.3) is 0 Å². The third kappa shape index (κ3) is 3.63. The highest BCUT2D eigenvalue weighted by molar-refractivity contribution is 6.17. The molecule has 0 aromatic carbocycles. The molecule has 1 aromatic rings. The molecule has 1 rings (SSSR count). The lowest BCUT2D eigenvalue weighted by molar-refractivity contribution is 0.542. The van der Waals surface area contributed by atoms with Gasteiger partial charge < -0.3 is 4.90 Å². The second kappa shape index (κ2) is 6.69. The van der Waals surface area contributed by atoms with Crippen molar-refractivity contribution in [1.82, 2.24) is 9.97 Å². The fraction of sp³-hybridized carbons (Fsp3) is 0.667. The van der Waals surface area contributed by atoms with Crippen LogP contribution in [0.4, 0.5) is 5.95 Å². The van der Waals surface area contributed by atoms with Gasteiger partial charge in [-0.25, -0.2) is 9.97 Å². The van der Waals surface area contributed by atoms with Gasteiger partial charge in [-0.1, -0.05) is 20.3 Å². The molecule has 1 heterocycles. The molecular weight excluding hydrogens is 222 g/mol. The molecule has 0 bridgehead atoms. The second-order valence-electron chi connectivity index (χ2n) is 4.08. The molecule has 0 spiro atoms. The molecule has 0 amide bonds. The molecule has 0 radical (unpaired) electrons. The van der Waals surface area contributed by atoms with Crippen molar-refractivity contribution in [1.29, 1.82) is 0 Å². The number of halogens is 1. The Kier molecular flexibility index (Phi) is 5.53. The maximum atomic E-state index is 5.71. The van der Waals surface area contributed by atoms with E-state index >= 15 is 0 Å². The molecule has 1 atom stereocenters. The van der Waals surface area contributed by atoms with E-state index in [-0.39, 0.29) is 0 Å².